The molecule has 2 aromatic rings. The minimum atomic E-state index is -3.60. The number of likely N-dealkylation sites (N-methyl/N-ethyl adjacent to an activating group) is 1. The maximum atomic E-state index is 14.2. The molecule has 1 saturated heterocycles. The predicted octanol–water partition coefficient (Wildman–Crippen LogP) is 2.02. The molecule has 1 heterocycles. The summed E-state index contributed by atoms with van der Waals surface area (Å²) in [5.74, 6) is -1.40. The minimum Gasteiger partial charge on any atom is -0.465 e. The first kappa shape index (κ1) is 24.3. The summed E-state index contributed by atoms with van der Waals surface area (Å²) in [6, 6.07) is 11.8. The summed E-state index contributed by atoms with van der Waals surface area (Å²) >= 11 is 0. The van der Waals surface area contributed by atoms with E-state index in [4.69, 9.17) is 0 Å². The van der Waals surface area contributed by atoms with Crippen LogP contribution in [0.3, 0.4) is 0 Å². The van der Waals surface area contributed by atoms with Gasteiger partial charge in [0.05, 0.1) is 18.4 Å². The fraction of sp³-hybridized carbons (Fsp3) is 0.435. The molecule has 1 aliphatic heterocycles. The van der Waals surface area contributed by atoms with E-state index in [0.717, 1.165) is 44.4 Å². The number of nitrogens with one attached hydrogen (secondary N) is 1. The van der Waals surface area contributed by atoms with Crippen LogP contribution < -0.4 is 4.72 Å². The number of carbonyl (C=O) groups excluding carboxylic acids is 1. The third-order valence-corrected chi connectivity index (χ3v) is 6.94. The molecule has 0 aliphatic carbocycles. The van der Waals surface area contributed by atoms with Gasteiger partial charge in [0, 0.05) is 44.8 Å². The molecule has 0 atom stereocenters. The van der Waals surface area contributed by atoms with Crippen molar-refractivity contribution < 1.29 is 22.3 Å². The number of ether oxygens (including phenoxy) is 1. The standard InChI is InChI=1S/C23H30FN3O4S/c1-26-9-11-27(12-10-26)17-19-5-3-4-18(14-19)8-13-32(29,30)25-16-21-7-6-20(15-22(21)24)23(28)31-2/h3-7,14-15,25H,8-13,16-17H2,1-2H3. The molecule has 0 bridgehead atoms. The van der Waals surface area contributed by atoms with Crippen LogP contribution in [-0.2, 0) is 34.3 Å². The highest BCUT2D eigenvalue weighted by molar-refractivity contribution is 7.89. The van der Waals surface area contributed by atoms with E-state index in [1.165, 1.54) is 24.8 Å². The van der Waals surface area contributed by atoms with Crippen LogP contribution in [0.15, 0.2) is 42.5 Å². The van der Waals surface area contributed by atoms with Crippen LogP contribution in [0.25, 0.3) is 0 Å². The van der Waals surface area contributed by atoms with E-state index in [0.29, 0.717) is 6.42 Å². The lowest BCUT2D eigenvalue weighted by Gasteiger charge is -2.32. The number of piperazine rings is 1. The fourth-order valence-corrected chi connectivity index (χ4v) is 4.62. The van der Waals surface area contributed by atoms with Crippen molar-refractivity contribution in [3.8, 4) is 0 Å². The Morgan fingerprint density at radius 2 is 1.81 bits per heavy atom. The number of benzene rings is 2. The Labute approximate surface area is 189 Å². The third kappa shape index (κ3) is 7.09. The zero-order chi connectivity index (χ0) is 23.1. The van der Waals surface area contributed by atoms with E-state index < -0.39 is 21.8 Å². The van der Waals surface area contributed by atoms with Crippen LogP contribution in [0.2, 0.25) is 0 Å². The van der Waals surface area contributed by atoms with Gasteiger partial charge in [0.2, 0.25) is 10.0 Å². The van der Waals surface area contributed by atoms with Crippen LogP contribution in [0.4, 0.5) is 4.39 Å². The second-order valence-electron chi connectivity index (χ2n) is 8.09. The zero-order valence-corrected chi connectivity index (χ0v) is 19.3. The maximum Gasteiger partial charge on any atom is 0.337 e. The lowest BCUT2D eigenvalue weighted by molar-refractivity contribution is 0.0600. The lowest BCUT2D eigenvalue weighted by Crippen LogP contribution is -2.43. The fourth-order valence-electron chi connectivity index (χ4n) is 3.60. The molecule has 32 heavy (non-hydrogen) atoms. The SMILES string of the molecule is COC(=O)c1ccc(CNS(=O)(=O)CCc2cccc(CN3CCN(C)CC3)c2)c(F)c1. The van der Waals surface area contributed by atoms with Crippen molar-refractivity contribution in [2.45, 2.75) is 19.5 Å². The van der Waals surface area contributed by atoms with Gasteiger partial charge in [-0.1, -0.05) is 30.3 Å². The number of rotatable bonds is 9. The van der Waals surface area contributed by atoms with E-state index in [9.17, 15) is 17.6 Å². The monoisotopic (exact) mass is 463 g/mol. The number of sulfonamides is 1. The molecule has 9 heteroatoms. The number of methoxy groups -OCH3 is 1. The first-order chi connectivity index (χ1) is 15.3. The molecule has 0 spiro atoms. The quantitative estimate of drug-likeness (QED) is 0.574. The largest absolute Gasteiger partial charge is 0.465 e. The summed E-state index contributed by atoms with van der Waals surface area (Å²) in [7, 11) is -0.260. The smallest absolute Gasteiger partial charge is 0.337 e. The Morgan fingerprint density at radius 1 is 1.09 bits per heavy atom. The van der Waals surface area contributed by atoms with Crippen molar-refractivity contribution in [1.82, 2.24) is 14.5 Å². The topological polar surface area (TPSA) is 78.9 Å². The van der Waals surface area contributed by atoms with Crippen molar-refractivity contribution in [3.05, 3.63) is 70.5 Å². The van der Waals surface area contributed by atoms with Gasteiger partial charge in [0.25, 0.3) is 0 Å². The molecule has 0 aromatic heterocycles. The number of carbonyl (C=O) groups is 1. The summed E-state index contributed by atoms with van der Waals surface area (Å²) in [6.45, 7) is 4.82. The molecular formula is C23H30FN3O4S. The molecule has 2 aromatic carbocycles. The van der Waals surface area contributed by atoms with Gasteiger partial charge in [-0.2, -0.15) is 0 Å². The highest BCUT2D eigenvalue weighted by Gasteiger charge is 2.16. The van der Waals surface area contributed by atoms with Crippen molar-refractivity contribution in [3.63, 3.8) is 0 Å². The molecule has 1 N–H and O–H groups in total. The number of aryl methyl sites for hydroxylation is 1. The molecule has 0 unspecified atom stereocenters. The molecule has 0 saturated carbocycles. The first-order valence-corrected chi connectivity index (χ1v) is 12.2. The van der Waals surface area contributed by atoms with E-state index in [-0.39, 0.29) is 23.4 Å². The highest BCUT2D eigenvalue weighted by atomic mass is 32.2. The van der Waals surface area contributed by atoms with Gasteiger partial charge >= 0.3 is 5.97 Å². The number of esters is 1. The molecule has 0 radical (unpaired) electrons. The van der Waals surface area contributed by atoms with Gasteiger partial charge in [-0.15, -0.1) is 0 Å². The summed E-state index contributed by atoms with van der Waals surface area (Å²) in [4.78, 5) is 16.2. The second kappa shape index (κ2) is 11.0. The van der Waals surface area contributed by atoms with Crippen LogP contribution in [-0.4, -0.2) is 70.3 Å². The normalized spacial score (nSPS) is 15.6. The number of hydrogen-bond donors (Lipinski definition) is 1. The molecule has 1 aliphatic rings. The van der Waals surface area contributed by atoms with E-state index in [1.54, 1.807) is 0 Å². The molecule has 3 rings (SSSR count). The lowest BCUT2D eigenvalue weighted by atomic mass is 10.1. The van der Waals surface area contributed by atoms with Gasteiger partial charge in [0.15, 0.2) is 0 Å². The van der Waals surface area contributed by atoms with E-state index >= 15 is 0 Å². The Morgan fingerprint density at radius 3 is 2.50 bits per heavy atom. The van der Waals surface area contributed by atoms with Crippen LogP contribution in [0.1, 0.15) is 27.0 Å². The number of halogens is 1. The van der Waals surface area contributed by atoms with Crippen molar-refractivity contribution in [1.29, 1.82) is 0 Å². The molecule has 1 fully saturated rings. The molecule has 174 valence electrons. The highest BCUT2D eigenvalue weighted by Crippen LogP contribution is 2.13. The van der Waals surface area contributed by atoms with Gasteiger partial charge in [-0.25, -0.2) is 22.3 Å². The van der Waals surface area contributed by atoms with Gasteiger partial charge in [0.1, 0.15) is 5.82 Å². The van der Waals surface area contributed by atoms with Crippen LogP contribution in [0.5, 0.6) is 0 Å². The molecule has 0 amide bonds. The van der Waals surface area contributed by atoms with Crippen molar-refractivity contribution >= 4 is 16.0 Å². The Balaban J connectivity index is 1.52. The van der Waals surface area contributed by atoms with Crippen LogP contribution in [0, 0.1) is 5.82 Å². The maximum absolute atomic E-state index is 14.2. The zero-order valence-electron chi connectivity index (χ0n) is 18.5. The van der Waals surface area contributed by atoms with E-state index in [1.807, 2.05) is 12.1 Å². The second-order valence-corrected chi connectivity index (χ2v) is 10.0. The van der Waals surface area contributed by atoms with E-state index in [2.05, 4.69) is 38.4 Å². The number of hydrogen-bond acceptors (Lipinski definition) is 6. The first-order valence-electron chi connectivity index (χ1n) is 10.6. The van der Waals surface area contributed by atoms with Gasteiger partial charge in [-0.3, -0.25) is 4.90 Å². The average molecular weight is 464 g/mol. The van der Waals surface area contributed by atoms with Crippen molar-refractivity contribution in [2.75, 3.05) is 46.1 Å². The molecule has 7 nitrogen and oxygen atoms in total. The number of nitrogens with zero attached hydrogens (tertiary/aromatic N) is 2. The summed E-state index contributed by atoms with van der Waals surface area (Å²) < 4.78 is 46.0. The summed E-state index contributed by atoms with van der Waals surface area (Å²) in [6.07, 6.45) is 0.371. The predicted molar refractivity (Wildman–Crippen MR) is 121 cm³/mol. The van der Waals surface area contributed by atoms with Gasteiger partial charge < -0.3 is 9.64 Å². The Hall–Kier alpha value is -2.33. The summed E-state index contributed by atoms with van der Waals surface area (Å²) in [5, 5.41) is 0. The van der Waals surface area contributed by atoms with Crippen LogP contribution >= 0.6 is 0 Å². The van der Waals surface area contributed by atoms with Crippen molar-refractivity contribution in [2.24, 2.45) is 0 Å². The Bertz CT molecular complexity index is 1040. The summed E-state index contributed by atoms with van der Waals surface area (Å²) in [5.41, 5.74) is 2.37. The molecular weight excluding hydrogens is 433 g/mol. The minimum absolute atomic E-state index is 0.0769. The third-order valence-electron chi connectivity index (χ3n) is 5.61. The van der Waals surface area contributed by atoms with Gasteiger partial charge in [-0.05, 0) is 36.7 Å². The average Bonchev–Trinajstić information content (AvgIpc) is 2.78. The Kier molecular flexibility index (Phi) is 8.36.